The lowest BCUT2D eigenvalue weighted by atomic mass is 10.2. The Labute approximate surface area is 164 Å². The predicted octanol–water partition coefficient (Wildman–Crippen LogP) is 3.13. The number of hydrogen-bond donors (Lipinski definition) is 2. The van der Waals surface area contributed by atoms with Crippen molar-refractivity contribution in [3.05, 3.63) is 48.5 Å². The molecule has 2 aromatic rings. The standard InChI is InChI=1S/C20H26N4O2S/c1-23(2)17-11-7-5-9-15(17)21-19(25)13-27-14-20(26)22-16-10-6-8-12-18(16)24(3)4/h5-12H,13-14H2,1-4H3,(H,21,25)(H,22,26). The number of para-hydroxylation sites is 4. The van der Waals surface area contributed by atoms with E-state index in [2.05, 4.69) is 10.6 Å². The number of hydrogen-bond acceptors (Lipinski definition) is 5. The molecule has 0 aliphatic carbocycles. The van der Waals surface area contributed by atoms with E-state index < -0.39 is 0 Å². The summed E-state index contributed by atoms with van der Waals surface area (Å²) < 4.78 is 0. The van der Waals surface area contributed by atoms with Crippen molar-refractivity contribution >= 4 is 46.3 Å². The van der Waals surface area contributed by atoms with Gasteiger partial charge in [0.1, 0.15) is 0 Å². The maximum atomic E-state index is 12.2. The lowest BCUT2D eigenvalue weighted by Crippen LogP contribution is -2.21. The number of nitrogens with one attached hydrogen (secondary N) is 2. The first-order valence-corrected chi connectivity index (χ1v) is 9.74. The van der Waals surface area contributed by atoms with Crippen molar-refractivity contribution in [2.75, 3.05) is 60.1 Å². The summed E-state index contributed by atoms with van der Waals surface area (Å²) in [6.45, 7) is 0. The van der Waals surface area contributed by atoms with Crippen LogP contribution in [0.3, 0.4) is 0 Å². The van der Waals surface area contributed by atoms with Crippen LogP contribution in [0.25, 0.3) is 0 Å². The van der Waals surface area contributed by atoms with Gasteiger partial charge in [0.25, 0.3) is 0 Å². The molecule has 2 aromatic carbocycles. The van der Waals surface area contributed by atoms with Crippen LogP contribution in [0.4, 0.5) is 22.7 Å². The largest absolute Gasteiger partial charge is 0.376 e. The quantitative estimate of drug-likeness (QED) is 0.730. The Morgan fingerprint density at radius 2 is 1.11 bits per heavy atom. The van der Waals surface area contributed by atoms with Crippen LogP contribution < -0.4 is 20.4 Å². The fraction of sp³-hybridized carbons (Fsp3) is 0.300. The molecule has 7 heteroatoms. The minimum atomic E-state index is -0.129. The first-order chi connectivity index (χ1) is 12.9. The topological polar surface area (TPSA) is 64.7 Å². The Kier molecular flexibility index (Phi) is 7.55. The molecule has 0 unspecified atom stereocenters. The first-order valence-electron chi connectivity index (χ1n) is 8.58. The summed E-state index contributed by atoms with van der Waals surface area (Å²) in [5.41, 5.74) is 3.40. The molecule has 0 saturated heterocycles. The first kappa shape index (κ1) is 20.6. The second-order valence-electron chi connectivity index (χ2n) is 6.41. The van der Waals surface area contributed by atoms with Crippen LogP contribution in [-0.2, 0) is 9.59 Å². The minimum absolute atomic E-state index is 0.129. The number of carbonyl (C=O) groups excluding carboxylic acids is 2. The van der Waals surface area contributed by atoms with E-state index in [9.17, 15) is 9.59 Å². The molecular weight excluding hydrogens is 360 g/mol. The van der Waals surface area contributed by atoms with Crippen molar-refractivity contribution in [1.82, 2.24) is 0 Å². The normalized spacial score (nSPS) is 10.2. The monoisotopic (exact) mass is 386 g/mol. The number of benzene rings is 2. The van der Waals surface area contributed by atoms with Gasteiger partial charge in [0.15, 0.2) is 0 Å². The van der Waals surface area contributed by atoms with Crippen LogP contribution in [0.5, 0.6) is 0 Å². The molecule has 0 heterocycles. The molecule has 0 fully saturated rings. The zero-order valence-electron chi connectivity index (χ0n) is 16.2. The van der Waals surface area contributed by atoms with Gasteiger partial charge >= 0.3 is 0 Å². The van der Waals surface area contributed by atoms with Crippen LogP contribution in [0.1, 0.15) is 0 Å². The lowest BCUT2D eigenvalue weighted by Gasteiger charge is -2.18. The smallest absolute Gasteiger partial charge is 0.234 e. The fourth-order valence-corrected chi connectivity index (χ4v) is 3.16. The highest BCUT2D eigenvalue weighted by Gasteiger charge is 2.11. The van der Waals surface area contributed by atoms with Gasteiger partial charge in [0.05, 0.1) is 34.3 Å². The van der Waals surface area contributed by atoms with E-state index in [1.807, 2.05) is 86.5 Å². The van der Waals surface area contributed by atoms with Crippen molar-refractivity contribution < 1.29 is 9.59 Å². The maximum absolute atomic E-state index is 12.2. The maximum Gasteiger partial charge on any atom is 0.234 e. The van der Waals surface area contributed by atoms with E-state index in [4.69, 9.17) is 0 Å². The summed E-state index contributed by atoms with van der Waals surface area (Å²) in [6.07, 6.45) is 0. The number of carbonyl (C=O) groups is 2. The molecule has 0 aliphatic rings. The van der Waals surface area contributed by atoms with Crippen LogP contribution in [-0.4, -0.2) is 51.5 Å². The van der Waals surface area contributed by atoms with Gasteiger partial charge in [-0.25, -0.2) is 0 Å². The summed E-state index contributed by atoms with van der Waals surface area (Å²) in [7, 11) is 7.70. The van der Waals surface area contributed by atoms with Crippen molar-refractivity contribution in [2.45, 2.75) is 0 Å². The Morgan fingerprint density at radius 3 is 1.48 bits per heavy atom. The third-order valence-corrected chi connectivity index (χ3v) is 4.72. The molecule has 0 spiro atoms. The van der Waals surface area contributed by atoms with Gasteiger partial charge in [-0.15, -0.1) is 11.8 Å². The SMILES string of the molecule is CN(C)c1ccccc1NC(=O)CSCC(=O)Nc1ccccc1N(C)C. The second-order valence-corrected chi connectivity index (χ2v) is 7.40. The molecule has 27 heavy (non-hydrogen) atoms. The van der Waals surface area contributed by atoms with Gasteiger partial charge in [-0.05, 0) is 24.3 Å². The van der Waals surface area contributed by atoms with Gasteiger partial charge in [-0.2, -0.15) is 0 Å². The molecule has 0 atom stereocenters. The number of anilines is 4. The Bertz CT molecular complexity index is 728. The van der Waals surface area contributed by atoms with E-state index in [0.29, 0.717) is 0 Å². The molecule has 0 aromatic heterocycles. The Morgan fingerprint density at radius 1 is 0.741 bits per heavy atom. The average molecular weight is 387 g/mol. The third kappa shape index (κ3) is 6.21. The third-order valence-electron chi connectivity index (χ3n) is 3.79. The van der Waals surface area contributed by atoms with E-state index in [1.165, 1.54) is 11.8 Å². The van der Waals surface area contributed by atoms with Gasteiger partial charge in [0.2, 0.25) is 11.8 Å². The van der Waals surface area contributed by atoms with Crippen LogP contribution >= 0.6 is 11.8 Å². The molecule has 6 nitrogen and oxygen atoms in total. The highest BCUT2D eigenvalue weighted by molar-refractivity contribution is 8.00. The Balaban J connectivity index is 1.83. The van der Waals surface area contributed by atoms with Gasteiger partial charge < -0.3 is 20.4 Å². The van der Waals surface area contributed by atoms with Crippen molar-refractivity contribution in [1.29, 1.82) is 0 Å². The number of amides is 2. The van der Waals surface area contributed by atoms with Crippen molar-refractivity contribution in [3.63, 3.8) is 0 Å². The fourth-order valence-electron chi connectivity index (χ4n) is 2.55. The molecule has 0 aliphatic heterocycles. The van der Waals surface area contributed by atoms with Gasteiger partial charge in [0, 0.05) is 28.2 Å². The summed E-state index contributed by atoms with van der Waals surface area (Å²) in [6, 6.07) is 15.2. The van der Waals surface area contributed by atoms with Crippen molar-refractivity contribution in [2.24, 2.45) is 0 Å². The van der Waals surface area contributed by atoms with Gasteiger partial charge in [-0.3, -0.25) is 9.59 Å². The zero-order valence-corrected chi connectivity index (χ0v) is 17.0. The lowest BCUT2D eigenvalue weighted by molar-refractivity contribution is -0.114. The molecule has 2 N–H and O–H groups in total. The summed E-state index contributed by atoms with van der Waals surface area (Å²) in [5, 5.41) is 5.80. The van der Waals surface area contributed by atoms with Crippen LogP contribution in [0.15, 0.2) is 48.5 Å². The van der Waals surface area contributed by atoms with Crippen molar-refractivity contribution in [3.8, 4) is 0 Å². The molecule has 0 saturated carbocycles. The molecule has 0 bridgehead atoms. The summed E-state index contributed by atoms with van der Waals surface area (Å²) in [4.78, 5) is 28.2. The highest BCUT2D eigenvalue weighted by atomic mass is 32.2. The summed E-state index contributed by atoms with van der Waals surface area (Å²) >= 11 is 1.29. The van der Waals surface area contributed by atoms with Crippen LogP contribution in [0.2, 0.25) is 0 Å². The molecule has 2 amide bonds. The number of rotatable bonds is 8. The van der Waals surface area contributed by atoms with E-state index in [0.717, 1.165) is 22.7 Å². The van der Waals surface area contributed by atoms with E-state index >= 15 is 0 Å². The predicted molar refractivity (Wildman–Crippen MR) is 116 cm³/mol. The highest BCUT2D eigenvalue weighted by Crippen LogP contribution is 2.24. The van der Waals surface area contributed by atoms with Gasteiger partial charge in [-0.1, -0.05) is 24.3 Å². The molecular formula is C20H26N4O2S. The average Bonchev–Trinajstić information content (AvgIpc) is 2.62. The zero-order chi connectivity index (χ0) is 19.8. The molecule has 0 radical (unpaired) electrons. The number of nitrogens with zero attached hydrogens (tertiary/aromatic N) is 2. The second kappa shape index (κ2) is 9.87. The van der Waals surface area contributed by atoms with E-state index in [1.54, 1.807) is 0 Å². The van der Waals surface area contributed by atoms with E-state index in [-0.39, 0.29) is 23.3 Å². The molecule has 2 rings (SSSR count). The molecule has 144 valence electrons. The minimum Gasteiger partial charge on any atom is -0.376 e. The Hall–Kier alpha value is -2.67. The number of thioether (sulfide) groups is 1. The summed E-state index contributed by atoms with van der Waals surface area (Å²) in [5.74, 6) is 0.168. The van der Waals surface area contributed by atoms with Crippen LogP contribution in [0, 0.1) is 0 Å².